The first-order valence-electron chi connectivity index (χ1n) is 4.34. The molecule has 0 unspecified atom stereocenters. The predicted molar refractivity (Wildman–Crippen MR) is 55.2 cm³/mol. The highest BCUT2D eigenvalue weighted by atomic mass is 16.6. The molecular formula is C6H5N7O6. The topological polar surface area (TPSA) is 194 Å². The number of aromatic carboxylic acids is 1. The zero-order valence-corrected chi connectivity index (χ0v) is 8.88. The van der Waals surface area contributed by atoms with Crippen molar-refractivity contribution in [2.24, 2.45) is 0 Å². The summed E-state index contributed by atoms with van der Waals surface area (Å²) < 4.78 is 0. The molecule has 0 fully saturated rings. The Balaban J connectivity index is 0.000000300. The van der Waals surface area contributed by atoms with E-state index in [1.54, 1.807) is 4.98 Å². The van der Waals surface area contributed by atoms with Gasteiger partial charge in [-0.3, -0.25) is 5.10 Å². The normalized spacial score (nSPS) is 9.26. The van der Waals surface area contributed by atoms with Crippen LogP contribution in [-0.4, -0.2) is 46.1 Å². The van der Waals surface area contributed by atoms with Crippen molar-refractivity contribution in [3.8, 4) is 0 Å². The van der Waals surface area contributed by atoms with E-state index < -0.39 is 33.3 Å². The van der Waals surface area contributed by atoms with Crippen molar-refractivity contribution >= 4 is 17.6 Å². The van der Waals surface area contributed by atoms with Crippen LogP contribution in [-0.2, 0) is 0 Å². The number of carboxylic acids is 1. The second-order valence-corrected chi connectivity index (χ2v) is 2.73. The SMILES string of the molecule is O=C(O)c1nc([N+](=O)[O-])c([N+](=O)[O-])[nH]1.c1nc[nH]n1. The Bertz CT molecular complexity index is 541. The minimum absolute atomic E-state index is 0.844. The Labute approximate surface area is 102 Å². The number of imidazole rings is 1. The summed E-state index contributed by atoms with van der Waals surface area (Å²) in [6, 6.07) is 0. The maximum atomic E-state index is 10.3. The summed E-state index contributed by atoms with van der Waals surface area (Å²) >= 11 is 0. The Morgan fingerprint density at radius 1 is 1.32 bits per heavy atom. The molecule has 3 N–H and O–H groups in total. The predicted octanol–water partition coefficient (Wildman–Crippen LogP) is -0.271. The number of aromatic nitrogens is 5. The summed E-state index contributed by atoms with van der Waals surface area (Å²) in [5.41, 5.74) is 0. The van der Waals surface area contributed by atoms with Crippen molar-refractivity contribution in [2.45, 2.75) is 0 Å². The van der Waals surface area contributed by atoms with Crippen LogP contribution >= 0.6 is 0 Å². The fraction of sp³-hybridized carbons (Fsp3) is 0. The van der Waals surface area contributed by atoms with E-state index in [1.165, 1.54) is 12.7 Å². The highest BCUT2D eigenvalue weighted by Gasteiger charge is 2.34. The van der Waals surface area contributed by atoms with E-state index in [2.05, 4.69) is 20.2 Å². The van der Waals surface area contributed by atoms with Crippen LogP contribution in [0, 0.1) is 20.2 Å². The number of hydrogen-bond acceptors (Lipinski definition) is 8. The summed E-state index contributed by atoms with van der Waals surface area (Å²) in [6.07, 6.45) is 2.96. The molecule has 0 atom stereocenters. The quantitative estimate of drug-likeness (QED) is 0.497. The number of nitrogens with zero attached hydrogens (tertiary/aromatic N) is 5. The van der Waals surface area contributed by atoms with Gasteiger partial charge in [0.25, 0.3) is 0 Å². The molecule has 0 aliphatic rings. The van der Waals surface area contributed by atoms with Crippen LogP contribution in [0.4, 0.5) is 11.6 Å². The van der Waals surface area contributed by atoms with Gasteiger partial charge in [0.15, 0.2) is 0 Å². The van der Waals surface area contributed by atoms with E-state index >= 15 is 0 Å². The van der Waals surface area contributed by atoms with Crippen molar-refractivity contribution in [3.05, 3.63) is 38.7 Å². The fourth-order valence-electron chi connectivity index (χ4n) is 0.877. The van der Waals surface area contributed by atoms with Gasteiger partial charge < -0.3 is 25.3 Å². The Hall–Kier alpha value is -3.38. The van der Waals surface area contributed by atoms with E-state index in [1.807, 2.05) is 0 Å². The lowest BCUT2D eigenvalue weighted by atomic mass is 10.6. The second-order valence-electron chi connectivity index (χ2n) is 2.73. The van der Waals surface area contributed by atoms with Crippen molar-refractivity contribution in [3.63, 3.8) is 0 Å². The molecule has 2 heterocycles. The van der Waals surface area contributed by atoms with Gasteiger partial charge in [-0.2, -0.15) is 10.1 Å². The number of hydrogen-bond donors (Lipinski definition) is 3. The van der Waals surface area contributed by atoms with E-state index in [0.29, 0.717) is 0 Å². The standard InChI is InChI=1S/C4H2N4O6.C2H3N3/c9-4(10)1-5-2(7(11)12)3(6-1)8(13)14;1-3-2-5-4-1/h(H,5,6)(H,9,10);1-2H,(H,3,4,5). The summed E-state index contributed by atoms with van der Waals surface area (Å²) in [6.45, 7) is 0. The molecule has 0 saturated heterocycles. The molecule has 0 bridgehead atoms. The van der Waals surface area contributed by atoms with Crippen LogP contribution in [0.15, 0.2) is 12.7 Å². The van der Waals surface area contributed by atoms with Gasteiger partial charge in [-0.1, -0.05) is 0 Å². The minimum atomic E-state index is -1.61. The van der Waals surface area contributed by atoms with Gasteiger partial charge in [0.1, 0.15) is 12.7 Å². The monoisotopic (exact) mass is 271 g/mol. The van der Waals surface area contributed by atoms with Crippen LogP contribution in [0.5, 0.6) is 0 Å². The molecule has 0 radical (unpaired) electrons. The Morgan fingerprint density at radius 3 is 2.26 bits per heavy atom. The maximum Gasteiger partial charge on any atom is 0.463 e. The summed E-state index contributed by atoms with van der Waals surface area (Å²) in [5, 5.41) is 34.7. The van der Waals surface area contributed by atoms with E-state index in [0.717, 1.165) is 0 Å². The highest BCUT2D eigenvalue weighted by molar-refractivity contribution is 5.84. The number of nitro groups is 2. The van der Waals surface area contributed by atoms with Crippen LogP contribution < -0.4 is 0 Å². The molecule has 2 aromatic rings. The van der Waals surface area contributed by atoms with Crippen LogP contribution in [0.25, 0.3) is 0 Å². The first-order chi connectivity index (χ1) is 8.93. The zero-order chi connectivity index (χ0) is 14.4. The molecule has 19 heavy (non-hydrogen) atoms. The number of rotatable bonds is 3. The lowest BCUT2D eigenvalue weighted by Crippen LogP contribution is -1.98. The molecule has 0 aromatic carbocycles. The molecule has 0 amide bonds. The van der Waals surface area contributed by atoms with Crippen molar-refractivity contribution in [1.29, 1.82) is 0 Å². The first kappa shape index (κ1) is 13.7. The van der Waals surface area contributed by atoms with Crippen molar-refractivity contribution in [2.75, 3.05) is 0 Å². The van der Waals surface area contributed by atoms with Gasteiger partial charge in [-0.25, -0.2) is 9.78 Å². The van der Waals surface area contributed by atoms with Crippen LogP contribution in [0.3, 0.4) is 0 Å². The van der Waals surface area contributed by atoms with E-state index in [9.17, 15) is 25.0 Å². The largest absolute Gasteiger partial charge is 0.472 e. The minimum Gasteiger partial charge on any atom is -0.472 e. The number of nitrogens with one attached hydrogen (secondary N) is 2. The first-order valence-corrected chi connectivity index (χ1v) is 4.34. The molecule has 13 nitrogen and oxygen atoms in total. The molecule has 0 aliphatic carbocycles. The van der Waals surface area contributed by atoms with Crippen LogP contribution in [0.1, 0.15) is 10.6 Å². The lowest BCUT2D eigenvalue weighted by molar-refractivity contribution is -0.427. The highest BCUT2D eigenvalue weighted by Crippen LogP contribution is 2.22. The summed E-state index contributed by atoms with van der Waals surface area (Å²) in [7, 11) is 0. The summed E-state index contributed by atoms with van der Waals surface area (Å²) in [4.78, 5) is 36.6. The van der Waals surface area contributed by atoms with Gasteiger partial charge in [0.2, 0.25) is 0 Å². The molecule has 0 aliphatic heterocycles. The lowest BCUT2D eigenvalue weighted by Gasteiger charge is -1.88. The van der Waals surface area contributed by atoms with Gasteiger partial charge in [0, 0.05) is 4.98 Å². The molecule has 100 valence electrons. The number of carbonyl (C=O) groups is 1. The van der Waals surface area contributed by atoms with Gasteiger partial charge in [-0.15, -0.1) is 0 Å². The number of H-pyrrole nitrogens is 2. The third-order valence-corrected chi connectivity index (χ3v) is 1.56. The second kappa shape index (κ2) is 5.80. The third kappa shape index (κ3) is 3.55. The average molecular weight is 271 g/mol. The molecular weight excluding hydrogens is 266 g/mol. The van der Waals surface area contributed by atoms with Gasteiger partial charge >= 0.3 is 23.4 Å². The van der Waals surface area contributed by atoms with Gasteiger partial charge in [-0.05, 0) is 9.85 Å². The number of aromatic amines is 2. The Morgan fingerprint density at radius 2 is 2.00 bits per heavy atom. The average Bonchev–Trinajstić information content (AvgIpc) is 3.02. The smallest absolute Gasteiger partial charge is 0.463 e. The maximum absolute atomic E-state index is 10.3. The number of carboxylic acid groups (broad SMARTS) is 1. The zero-order valence-electron chi connectivity index (χ0n) is 8.88. The van der Waals surface area contributed by atoms with E-state index in [-0.39, 0.29) is 0 Å². The third-order valence-electron chi connectivity index (χ3n) is 1.56. The molecule has 2 rings (SSSR count). The molecule has 2 aromatic heterocycles. The fourth-order valence-corrected chi connectivity index (χ4v) is 0.877. The van der Waals surface area contributed by atoms with Gasteiger partial charge in [0.05, 0.1) is 0 Å². The summed E-state index contributed by atoms with van der Waals surface area (Å²) in [5.74, 6) is -4.62. The molecule has 13 heteroatoms. The van der Waals surface area contributed by atoms with Crippen molar-refractivity contribution < 1.29 is 19.7 Å². The molecule has 0 saturated carbocycles. The van der Waals surface area contributed by atoms with Crippen molar-refractivity contribution in [1.82, 2.24) is 25.1 Å². The van der Waals surface area contributed by atoms with E-state index in [4.69, 9.17) is 5.11 Å². The van der Waals surface area contributed by atoms with Crippen LogP contribution in [0.2, 0.25) is 0 Å². The Kier molecular flexibility index (Phi) is 4.18. The molecule has 0 spiro atoms.